The van der Waals surface area contributed by atoms with Gasteiger partial charge in [-0.15, -0.1) is 0 Å². The van der Waals surface area contributed by atoms with E-state index in [1.54, 1.807) is 66.7 Å². The van der Waals surface area contributed by atoms with Crippen LogP contribution in [0.25, 0.3) is 23.6 Å². The van der Waals surface area contributed by atoms with Gasteiger partial charge < -0.3 is 9.26 Å². The van der Waals surface area contributed by atoms with Crippen molar-refractivity contribution in [1.29, 1.82) is 0 Å². The number of hydrogen-bond donors (Lipinski definition) is 0. The average Bonchev–Trinajstić information content (AvgIpc) is 3.23. The lowest BCUT2D eigenvalue weighted by molar-refractivity contribution is 0.0735. The lowest BCUT2D eigenvalue weighted by Gasteiger charge is -2.07. The Labute approximate surface area is 172 Å². The number of para-hydroxylation sites is 1. The van der Waals surface area contributed by atoms with Crippen LogP contribution in [0.4, 0.5) is 0 Å². The Hall–Kier alpha value is -3.70. The minimum Gasteiger partial charge on any atom is -0.422 e. The van der Waals surface area contributed by atoms with E-state index in [9.17, 15) is 4.79 Å². The summed E-state index contributed by atoms with van der Waals surface area (Å²) in [6.45, 7) is 0. The number of nitrogens with zero attached hydrogens (tertiary/aromatic N) is 2. The minimum absolute atomic E-state index is 0.250. The van der Waals surface area contributed by atoms with Gasteiger partial charge in [0, 0.05) is 5.02 Å². The van der Waals surface area contributed by atoms with Crippen LogP contribution < -0.4 is 4.74 Å². The Balaban J connectivity index is 1.57. The Bertz CT molecular complexity index is 1170. The van der Waals surface area contributed by atoms with E-state index in [2.05, 4.69) is 10.1 Å². The Morgan fingerprint density at radius 2 is 1.62 bits per heavy atom. The highest BCUT2D eigenvalue weighted by atomic mass is 35.5. The fraction of sp³-hybridized carbons (Fsp3) is 0. The van der Waals surface area contributed by atoms with Crippen LogP contribution >= 0.6 is 11.6 Å². The summed E-state index contributed by atoms with van der Waals surface area (Å²) in [6.07, 6.45) is 3.51. The van der Waals surface area contributed by atoms with E-state index in [1.807, 2.05) is 24.3 Å². The van der Waals surface area contributed by atoms with Crippen molar-refractivity contribution in [2.45, 2.75) is 0 Å². The Morgan fingerprint density at radius 3 is 2.45 bits per heavy atom. The van der Waals surface area contributed by atoms with E-state index in [0.29, 0.717) is 27.7 Å². The molecule has 0 radical (unpaired) electrons. The van der Waals surface area contributed by atoms with Gasteiger partial charge in [0.2, 0.25) is 0 Å². The van der Waals surface area contributed by atoms with Gasteiger partial charge in [-0.2, -0.15) is 4.98 Å². The lowest BCUT2D eigenvalue weighted by Crippen LogP contribution is -2.08. The van der Waals surface area contributed by atoms with Crippen LogP contribution in [0.5, 0.6) is 5.75 Å². The van der Waals surface area contributed by atoms with Crippen LogP contribution in [-0.2, 0) is 0 Å². The molecule has 4 rings (SSSR count). The van der Waals surface area contributed by atoms with Crippen molar-refractivity contribution in [1.82, 2.24) is 10.1 Å². The number of hydrogen-bond acceptors (Lipinski definition) is 5. The number of esters is 1. The van der Waals surface area contributed by atoms with Gasteiger partial charge >= 0.3 is 5.97 Å². The number of aromatic nitrogens is 2. The molecule has 0 saturated heterocycles. The SMILES string of the molecule is O=C(Oc1ccccc1-c1nc(/C=C/c2ccccc2Cl)no1)c1ccccc1. The molecule has 0 saturated carbocycles. The number of rotatable bonds is 5. The maximum atomic E-state index is 12.4. The van der Waals surface area contributed by atoms with Crippen LogP contribution in [0.2, 0.25) is 5.02 Å². The summed E-state index contributed by atoms with van der Waals surface area (Å²) < 4.78 is 10.9. The third-order valence-corrected chi connectivity index (χ3v) is 4.43. The van der Waals surface area contributed by atoms with Gasteiger partial charge in [-0.3, -0.25) is 0 Å². The van der Waals surface area contributed by atoms with Gasteiger partial charge in [0.15, 0.2) is 5.82 Å². The van der Waals surface area contributed by atoms with Crippen molar-refractivity contribution in [2.75, 3.05) is 0 Å². The van der Waals surface area contributed by atoms with Gasteiger partial charge in [0.1, 0.15) is 5.75 Å². The van der Waals surface area contributed by atoms with Crippen molar-refractivity contribution in [3.05, 3.63) is 101 Å². The largest absolute Gasteiger partial charge is 0.422 e. The van der Waals surface area contributed by atoms with Crippen LogP contribution in [0.3, 0.4) is 0 Å². The molecule has 5 nitrogen and oxygen atoms in total. The first-order valence-electron chi connectivity index (χ1n) is 8.83. The van der Waals surface area contributed by atoms with Crippen LogP contribution in [0, 0.1) is 0 Å². The molecule has 6 heteroatoms. The van der Waals surface area contributed by atoms with Crippen molar-refractivity contribution in [2.24, 2.45) is 0 Å². The molecule has 29 heavy (non-hydrogen) atoms. The summed E-state index contributed by atoms with van der Waals surface area (Å²) in [4.78, 5) is 16.7. The minimum atomic E-state index is -0.462. The van der Waals surface area contributed by atoms with Gasteiger partial charge in [0.05, 0.1) is 11.1 Å². The highest BCUT2D eigenvalue weighted by Gasteiger charge is 2.16. The summed E-state index contributed by atoms with van der Waals surface area (Å²) in [7, 11) is 0. The molecule has 0 N–H and O–H groups in total. The summed E-state index contributed by atoms with van der Waals surface area (Å²) in [5, 5.41) is 4.59. The molecule has 0 unspecified atom stereocenters. The molecule has 1 aromatic heterocycles. The summed E-state index contributed by atoms with van der Waals surface area (Å²) in [5.41, 5.74) is 1.83. The Kier molecular flexibility index (Phi) is 5.49. The molecule has 0 bridgehead atoms. The second-order valence-electron chi connectivity index (χ2n) is 6.06. The molecule has 0 aliphatic carbocycles. The van der Waals surface area contributed by atoms with E-state index in [-0.39, 0.29) is 5.89 Å². The van der Waals surface area contributed by atoms with E-state index in [0.717, 1.165) is 5.56 Å². The molecule has 1 heterocycles. The number of halogens is 1. The second-order valence-corrected chi connectivity index (χ2v) is 6.47. The van der Waals surface area contributed by atoms with E-state index >= 15 is 0 Å². The van der Waals surface area contributed by atoms with Crippen molar-refractivity contribution in [3.8, 4) is 17.2 Å². The predicted molar refractivity (Wildman–Crippen MR) is 112 cm³/mol. The molecule has 0 aliphatic heterocycles. The zero-order valence-corrected chi connectivity index (χ0v) is 15.9. The molecule has 0 spiro atoms. The first-order chi connectivity index (χ1) is 14.2. The zero-order chi connectivity index (χ0) is 20.1. The lowest BCUT2D eigenvalue weighted by atomic mass is 10.2. The van der Waals surface area contributed by atoms with E-state index in [1.165, 1.54) is 0 Å². The smallest absolute Gasteiger partial charge is 0.343 e. The monoisotopic (exact) mass is 402 g/mol. The molecular weight excluding hydrogens is 388 g/mol. The highest BCUT2D eigenvalue weighted by molar-refractivity contribution is 6.32. The topological polar surface area (TPSA) is 65.2 Å². The fourth-order valence-electron chi connectivity index (χ4n) is 2.65. The van der Waals surface area contributed by atoms with Gasteiger partial charge in [0.25, 0.3) is 5.89 Å². The summed E-state index contributed by atoms with van der Waals surface area (Å²) in [6, 6.07) is 23.2. The van der Waals surface area contributed by atoms with Crippen molar-refractivity contribution < 1.29 is 14.1 Å². The van der Waals surface area contributed by atoms with Crippen molar-refractivity contribution in [3.63, 3.8) is 0 Å². The quantitative estimate of drug-likeness (QED) is 0.312. The van der Waals surface area contributed by atoms with Gasteiger partial charge in [-0.1, -0.05) is 65.3 Å². The van der Waals surface area contributed by atoms with Crippen LogP contribution in [-0.4, -0.2) is 16.1 Å². The molecule has 3 aromatic carbocycles. The molecule has 0 atom stereocenters. The first-order valence-corrected chi connectivity index (χ1v) is 9.21. The predicted octanol–water partition coefficient (Wildman–Crippen LogP) is 5.78. The fourth-order valence-corrected chi connectivity index (χ4v) is 2.85. The zero-order valence-electron chi connectivity index (χ0n) is 15.2. The van der Waals surface area contributed by atoms with Gasteiger partial charge in [-0.05, 0) is 48.0 Å². The third kappa shape index (κ3) is 4.42. The maximum absolute atomic E-state index is 12.4. The summed E-state index contributed by atoms with van der Waals surface area (Å²) in [5.74, 6) is 0.507. The molecule has 142 valence electrons. The number of carbonyl (C=O) groups is 1. The molecular formula is C23H15ClN2O3. The molecule has 0 aliphatic rings. The van der Waals surface area contributed by atoms with Gasteiger partial charge in [-0.25, -0.2) is 4.79 Å². The van der Waals surface area contributed by atoms with E-state index < -0.39 is 5.97 Å². The maximum Gasteiger partial charge on any atom is 0.343 e. The Morgan fingerprint density at radius 1 is 0.897 bits per heavy atom. The number of benzene rings is 3. The molecule has 0 amide bonds. The molecule has 4 aromatic rings. The average molecular weight is 403 g/mol. The number of carbonyl (C=O) groups excluding carboxylic acids is 1. The van der Waals surface area contributed by atoms with E-state index in [4.69, 9.17) is 20.9 Å². The van der Waals surface area contributed by atoms with Crippen LogP contribution in [0.15, 0.2) is 83.4 Å². The molecule has 0 fully saturated rings. The standard InChI is InChI=1S/C23H15ClN2O3/c24-19-12-6-4-8-16(19)14-15-21-25-22(29-26-21)18-11-5-7-13-20(18)28-23(27)17-9-2-1-3-10-17/h1-15H/b15-14+. The van der Waals surface area contributed by atoms with Crippen molar-refractivity contribution >= 4 is 29.7 Å². The third-order valence-electron chi connectivity index (χ3n) is 4.09. The first kappa shape index (κ1) is 18.7. The normalized spacial score (nSPS) is 10.9. The van der Waals surface area contributed by atoms with Crippen LogP contribution in [0.1, 0.15) is 21.7 Å². The number of ether oxygens (including phenoxy) is 1. The second kappa shape index (κ2) is 8.54. The summed E-state index contributed by atoms with van der Waals surface area (Å²) >= 11 is 6.15. The highest BCUT2D eigenvalue weighted by Crippen LogP contribution is 2.29.